The van der Waals surface area contributed by atoms with E-state index < -0.39 is 0 Å². The average molecular weight is 702 g/mol. The van der Waals surface area contributed by atoms with Crippen molar-refractivity contribution in [3.05, 3.63) is 237 Å². The maximum atomic E-state index is 2.36. The van der Waals surface area contributed by atoms with Crippen molar-refractivity contribution in [3.8, 4) is 66.8 Å². The Morgan fingerprint density at radius 1 is 0.182 bits per heavy atom. The van der Waals surface area contributed by atoms with Gasteiger partial charge in [0.1, 0.15) is 0 Å². The first-order valence-corrected chi connectivity index (χ1v) is 18.8. The Morgan fingerprint density at radius 3 is 0.873 bits per heavy atom. The van der Waals surface area contributed by atoms with E-state index in [1.54, 1.807) is 0 Å². The predicted molar refractivity (Wildman–Crippen MR) is 234 cm³/mol. The highest BCUT2D eigenvalue weighted by Gasteiger charge is 2.16. The van der Waals surface area contributed by atoms with E-state index >= 15 is 0 Å². The number of anilines is 3. The van der Waals surface area contributed by atoms with Gasteiger partial charge in [-0.25, -0.2) is 0 Å². The molecule has 0 aliphatic carbocycles. The normalized spacial score (nSPS) is 10.9. The summed E-state index contributed by atoms with van der Waals surface area (Å²) in [6, 6.07) is 84.9. The van der Waals surface area contributed by atoms with Crippen LogP contribution in [0.3, 0.4) is 0 Å². The molecule has 0 aliphatic heterocycles. The highest BCUT2D eigenvalue weighted by Crippen LogP contribution is 2.40. The molecule has 55 heavy (non-hydrogen) atoms. The molecule has 260 valence electrons. The third-order valence-electron chi connectivity index (χ3n) is 10.3. The monoisotopic (exact) mass is 701 g/mol. The van der Waals surface area contributed by atoms with Crippen LogP contribution in [0.2, 0.25) is 0 Å². The summed E-state index contributed by atoms with van der Waals surface area (Å²) < 4.78 is 0. The van der Waals surface area contributed by atoms with Gasteiger partial charge in [0, 0.05) is 17.1 Å². The maximum Gasteiger partial charge on any atom is 0.0467 e. The van der Waals surface area contributed by atoms with Crippen LogP contribution < -0.4 is 4.90 Å². The molecule has 0 fully saturated rings. The molecule has 1 nitrogen and oxygen atoms in total. The highest BCUT2D eigenvalue weighted by atomic mass is 15.1. The summed E-state index contributed by atoms with van der Waals surface area (Å²) in [7, 11) is 0. The van der Waals surface area contributed by atoms with E-state index in [2.05, 4.69) is 241 Å². The molecule has 0 unspecified atom stereocenters. The Hall–Kier alpha value is -7.22. The number of hydrogen-bond donors (Lipinski definition) is 0. The highest BCUT2D eigenvalue weighted by molar-refractivity contribution is 5.87. The molecule has 0 saturated carbocycles. The fourth-order valence-corrected chi connectivity index (χ4v) is 7.44. The summed E-state index contributed by atoms with van der Waals surface area (Å²) in [5.41, 5.74) is 17.7. The van der Waals surface area contributed by atoms with E-state index in [1.165, 1.54) is 66.8 Å². The van der Waals surface area contributed by atoms with Crippen LogP contribution in [0.1, 0.15) is 0 Å². The van der Waals surface area contributed by atoms with Crippen molar-refractivity contribution >= 4 is 17.1 Å². The summed E-state index contributed by atoms with van der Waals surface area (Å²) in [4.78, 5) is 2.36. The first-order valence-electron chi connectivity index (χ1n) is 18.8. The SMILES string of the molecule is c1ccc(-c2ccc(-c3ccc(N(c4ccc(-c5ccc(-c6ccccc6)cc5)cc4)c4cccc(-c5ccccc5-c5ccccc5)c4)cc3)cc2)cc1. The van der Waals surface area contributed by atoms with Gasteiger partial charge in [-0.3, -0.25) is 0 Å². The zero-order chi connectivity index (χ0) is 36.8. The van der Waals surface area contributed by atoms with Crippen LogP contribution in [-0.2, 0) is 0 Å². The third-order valence-corrected chi connectivity index (χ3v) is 10.3. The van der Waals surface area contributed by atoms with Gasteiger partial charge in [-0.1, -0.05) is 200 Å². The second kappa shape index (κ2) is 15.4. The van der Waals surface area contributed by atoms with E-state index in [0.717, 1.165) is 17.1 Å². The molecule has 0 bridgehead atoms. The number of benzene rings is 9. The minimum Gasteiger partial charge on any atom is -0.310 e. The van der Waals surface area contributed by atoms with Crippen LogP contribution in [0.25, 0.3) is 66.8 Å². The summed E-state index contributed by atoms with van der Waals surface area (Å²) >= 11 is 0. The van der Waals surface area contributed by atoms with Crippen molar-refractivity contribution < 1.29 is 0 Å². The lowest BCUT2D eigenvalue weighted by atomic mass is 9.94. The standard InChI is InChI=1S/C54H39N/c1-4-13-40(14-5-1)42-23-27-44(28-24-42)46-31-35-50(36-32-46)55(51-37-33-47(34-38-51)45-29-25-43(26-30-45)41-15-6-2-7-16-41)52-20-12-19-49(39-52)54-22-11-10-21-53(54)48-17-8-3-9-18-48/h1-39H. The molecule has 0 atom stereocenters. The van der Waals surface area contributed by atoms with Gasteiger partial charge in [-0.15, -0.1) is 0 Å². The summed E-state index contributed by atoms with van der Waals surface area (Å²) in [5, 5.41) is 0. The Kier molecular flexibility index (Phi) is 9.41. The van der Waals surface area contributed by atoms with Gasteiger partial charge in [-0.2, -0.15) is 0 Å². The van der Waals surface area contributed by atoms with Gasteiger partial charge in [-0.05, 0) is 103 Å². The predicted octanol–water partition coefficient (Wildman–Crippen LogP) is 15.2. The van der Waals surface area contributed by atoms with Crippen LogP contribution >= 0.6 is 0 Å². The Bertz CT molecular complexity index is 2500. The summed E-state index contributed by atoms with van der Waals surface area (Å²) in [6.45, 7) is 0. The van der Waals surface area contributed by atoms with Crippen LogP contribution in [-0.4, -0.2) is 0 Å². The van der Waals surface area contributed by atoms with Gasteiger partial charge < -0.3 is 4.90 Å². The fraction of sp³-hybridized carbons (Fsp3) is 0. The smallest absolute Gasteiger partial charge is 0.0467 e. The molecule has 0 N–H and O–H groups in total. The zero-order valence-corrected chi connectivity index (χ0v) is 30.5. The number of hydrogen-bond acceptors (Lipinski definition) is 1. The Labute approximate surface area is 324 Å². The maximum absolute atomic E-state index is 2.36. The molecule has 9 rings (SSSR count). The van der Waals surface area contributed by atoms with Crippen LogP contribution in [0.15, 0.2) is 237 Å². The van der Waals surface area contributed by atoms with Crippen molar-refractivity contribution in [1.82, 2.24) is 0 Å². The average Bonchev–Trinajstić information content (AvgIpc) is 3.28. The van der Waals surface area contributed by atoms with Crippen molar-refractivity contribution in [1.29, 1.82) is 0 Å². The second-order valence-electron chi connectivity index (χ2n) is 13.8. The number of rotatable bonds is 9. The lowest BCUT2D eigenvalue weighted by molar-refractivity contribution is 1.28. The molecule has 0 aromatic heterocycles. The van der Waals surface area contributed by atoms with Crippen molar-refractivity contribution in [3.63, 3.8) is 0 Å². The first-order chi connectivity index (χ1) is 27.3. The van der Waals surface area contributed by atoms with E-state index in [9.17, 15) is 0 Å². The molecule has 0 amide bonds. The van der Waals surface area contributed by atoms with Crippen LogP contribution in [0.5, 0.6) is 0 Å². The summed E-state index contributed by atoms with van der Waals surface area (Å²) in [5.74, 6) is 0. The van der Waals surface area contributed by atoms with Gasteiger partial charge >= 0.3 is 0 Å². The van der Waals surface area contributed by atoms with Gasteiger partial charge in [0.05, 0.1) is 0 Å². The Balaban J connectivity index is 1.07. The first kappa shape index (κ1) is 33.6. The van der Waals surface area contributed by atoms with Gasteiger partial charge in [0.15, 0.2) is 0 Å². The van der Waals surface area contributed by atoms with E-state index in [0.29, 0.717) is 0 Å². The Morgan fingerprint density at radius 2 is 0.473 bits per heavy atom. The fourth-order valence-electron chi connectivity index (χ4n) is 7.44. The van der Waals surface area contributed by atoms with Crippen molar-refractivity contribution in [2.75, 3.05) is 4.90 Å². The molecule has 1 heteroatoms. The van der Waals surface area contributed by atoms with Gasteiger partial charge in [0.2, 0.25) is 0 Å². The topological polar surface area (TPSA) is 3.24 Å². The molecule has 0 saturated heterocycles. The van der Waals surface area contributed by atoms with Gasteiger partial charge in [0.25, 0.3) is 0 Å². The molecule has 0 heterocycles. The largest absolute Gasteiger partial charge is 0.310 e. The lowest BCUT2D eigenvalue weighted by Crippen LogP contribution is -2.10. The molecule has 0 spiro atoms. The lowest BCUT2D eigenvalue weighted by Gasteiger charge is -2.26. The van der Waals surface area contributed by atoms with E-state index in [-0.39, 0.29) is 0 Å². The molecular weight excluding hydrogens is 663 g/mol. The van der Waals surface area contributed by atoms with Crippen LogP contribution in [0.4, 0.5) is 17.1 Å². The molecule has 9 aromatic carbocycles. The van der Waals surface area contributed by atoms with Crippen LogP contribution in [0, 0.1) is 0 Å². The molecule has 9 aromatic rings. The summed E-state index contributed by atoms with van der Waals surface area (Å²) in [6.07, 6.45) is 0. The minimum atomic E-state index is 1.10. The number of nitrogens with zero attached hydrogens (tertiary/aromatic N) is 1. The molecular formula is C54H39N. The van der Waals surface area contributed by atoms with Crippen molar-refractivity contribution in [2.24, 2.45) is 0 Å². The van der Waals surface area contributed by atoms with Crippen molar-refractivity contribution in [2.45, 2.75) is 0 Å². The third kappa shape index (κ3) is 7.25. The second-order valence-corrected chi connectivity index (χ2v) is 13.8. The van der Waals surface area contributed by atoms with E-state index in [1.807, 2.05) is 0 Å². The van der Waals surface area contributed by atoms with E-state index in [4.69, 9.17) is 0 Å². The quantitative estimate of drug-likeness (QED) is 0.145. The minimum absolute atomic E-state index is 1.10. The molecule has 0 aliphatic rings. The molecule has 0 radical (unpaired) electrons. The zero-order valence-electron chi connectivity index (χ0n) is 30.5.